The summed E-state index contributed by atoms with van der Waals surface area (Å²) in [6, 6.07) is 0.402. The molecule has 0 bridgehead atoms. The fourth-order valence-electron chi connectivity index (χ4n) is 1.47. The van der Waals surface area contributed by atoms with Crippen LogP contribution >= 0.6 is 0 Å². The first-order valence-electron chi connectivity index (χ1n) is 4.69. The van der Waals surface area contributed by atoms with Crippen LogP contribution in [0.5, 0.6) is 0 Å². The lowest BCUT2D eigenvalue weighted by Gasteiger charge is -2.15. The zero-order valence-corrected chi connectivity index (χ0v) is 8.78. The molecule has 0 aliphatic rings. The van der Waals surface area contributed by atoms with Crippen molar-refractivity contribution in [2.45, 2.75) is 39.7 Å². The van der Waals surface area contributed by atoms with Gasteiger partial charge in [0, 0.05) is 18.5 Å². The van der Waals surface area contributed by atoms with Crippen LogP contribution in [-0.4, -0.2) is 21.3 Å². The highest BCUT2D eigenvalue weighted by atomic mass is 15.3. The fourth-order valence-corrected chi connectivity index (χ4v) is 1.47. The third kappa shape index (κ3) is 1.88. The molecule has 1 atom stereocenters. The van der Waals surface area contributed by atoms with Gasteiger partial charge in [0.1, 0.15) is 11.6 Å². The molecule has 0 saturated carbocycles. The Morgan fingerprint density at radius 3 is 2.38 bits per heavy atom. The van der Waals surface area contributed by atoms with Gasteiger partial charge in [-0.3, -0.25) is 0 Å². The summed E-state index contributed by atoms with van der Waals surface area (Å²) >= 11 is 0. The molecule has 0 aromatic carbocycles. The second-order valence-corrected chi connectivity index (χ2v) is 3.71. The maximum atomic E-state index is 5.60. The maximum absolute atomic E-state index is 5.60. The molecule has 0 aliphatic carbocycles. The highest BCUT2D eigenvalue weighted by Crippen LogP contribution is 2.17. The van der Waals surface area contributed by atoms with E-state index >= 15 is 0 Å². The van der Waals surface area contributed by atoms with Gasteiger partial charge in [0.25, 0.3) is 0 Å². The van der Waals surface area contributed by atoms with Gasteiger partial charge in [-0.1, -0.05) is 6.92 Å². The molecule has 74 valence electrons. The number of aromatic nitrogens is 3. The van der Waals surface area contributed by atoms with Gasteiger partial charge in [-0.25, -0.2) is 0 Å². The zero-order valence-electron chi connectivity index (χ0n) is 8.78. The largest absolute Gasteiger partial charge is 0.330 e. The van der Waals surface area contributed by atoms with Crippen molar-refractivity contribution in [2.24, 2.45) is 5.73 Å². The van der Waals surface area contributed by atoms with Crippen molar-refractivity contribution in [1.82, 2.24) is 14.8 Å². The van der Waals surface area contributed by atoms with Crippen molar-refractivity contribution in [2.75, 3.05) is 6.54 Å². The SMILES string of the molecule is Cc1nnc(C(C)CN)n1C(C)C. The van der Waals surface area contributed by atoms with E-state index in [2.05, 4.69) is 35.5 Å². The van der Waals surface area contributed by atoms with Gasteiger partial charge >= 0.3 is 0 Å². The average Bonchev–Trinajstić information content (AvgIpc) is 2.45. The second kappa shape index (κ2) is 3.87. The third-order valence-electron chi connectivity index (χ3n) is 2.20. The molecule has 4 nitrogen and oxygen atoms in total. The molecule has 1 heterocycles. The topological polar surface area (TPSA) is 56.7 Å². The van der Waals surface area contributed by atoms with E-state index in [4.69, 9.17) is 5.73 Å². The smallest absolute Gasteiger partial charge is 0.137 e. The average molecular weight is 182 g/mol. The Morgan fingerprint density at radius 2 is 1.92 bits per heavy atom. The molecule has 13 heavy (non-hydrogen) atoms. The van der Waals surface area contributed by atoms with Crippen molar-refractivity contribution in [1.29, 1.82) is 0 Å². The minimum atomic E-state index is 0.281. The summed E-state index contributed by atoms with van der Waals surface area (Å²) < 4.78 is 2.14. The minimum absolute atomic E-state index is 0.281. The quantitative estimate of drug-likeness (QED) is 0.765. The van der Waals surface area contributed by atoms with Crippen LogP contribution in [-0.2, 0) is 0 Å². The molecule has 1 unspecified atom stereocenters. The highest BCUT2D eigenvalue weighted by molar-refractivity contribution is 5.01. The standard InChI is InChI=1S/C9H18N4/c1-6(2)13-8(4)11-12-9(13)7(3)5-10/h6-7H,5,10H2,1-4H3. The van der Waals surface area contributed by atoms with Gasteiger partial charge < -0.3 is 10.3 Å². The van der Waals surface area contributed by atoms with E-state index in [1.54, 1.807) is 0 Å². The van der Waals surface area contributed by atoms with Crippen LogP contribution in [0.15, 0.2) is 0 Å². The normalized spacial score (nSPS) is 13.7. The van der Waals surface area contributed by atoms with Gasteiger partial charge in [-0.15, -0.1) is 10.2 Å². The summed E-state index contributed by atoms with van der Waals surface area (Å²) in [5.74, 6) is 2.24. The van der Waals surface area contributed by atoms with Crippen LogP contribution in [0.2, 0.25) is 0 Å². The van der Waals surface area contributed by atoms with Crippen LogP contribution in [0.4, 0.5) is 0 Å². The zero-order chi connectivity index (χ0) is 10.0. The molecule has 2 N–H and O–H groups in total. The predicted molar refractivity (Wildman–Crippen MR) is 52.6 cm³/mol. The van der Waals surface area contributed by atoms with E-state index in [0.717, 1.165) is 11.6 Å². The van der Waals surface area contributed by atoms with Crippen LogP contribution < -0.4 is 5.73 Å². The van der Waals surface area contributed by atoms with Crippen LogP contribution in [0.25, 0.3) is 0 Å². The summed E-state index contributed by atoms with van der Waals surface area (Å²) in [4.78, 5) is 0. The Hall–Kier alpha value is -0.900. The summed E-state index contributed by atoms with van der Waals surface area (Å²) in [6.07, 6.45) is 0. The Labute approximate surface area is 79.2 Å². The van der Waals surface area contributed by atoms with Gasteiger partial charge in [-0.2, -0.15) is 0 Å². The summed E-state index contributed by atoms with van der Waals surface area (Å²) in [6.45, 7) is 8.92. The summed E-state index contributed by atoms with van der Waals surface area (Å²) in [5, 5.41) is 8.20. The van der Waals surface area contributed by atoms with Crippen LogP contribution in [0.1, 0.15) is 44.4 Å². The Bertz CT molecular complexity index is 277. The molecule has 0 aliphatic heterocycles. The lowest BCUT2D eigenvalue weighted by Crippen LogP contribution is -2.16. The third-order valence-corrected chi connectivity index (χ3v) is 2.20. The lowest BCUT2D eigenvalue weighted by atomic mass is 10.1. The van der Waals surface area contributed by atoms with Crippen molar-refractivity contribution < 1.29 is 0 Å². The lowest BCUT2D eigenvalue weighted by molar-refractivity contribution is 0.530. The number of nitrogens with zero attached hydrogens (tertiary/aromatic N) is 3. The van der Waals surface area contributed by atoms with Gasteiger partial charge in [0.2, 0.25) is 0 Å². The molecule has 0 radical (unpaired) electrons. The molecule has 0 spiro atoms. The molecule has 0 amide bonds. The van der Waals surface area contributed by atoms with Crippen molar-refractivity contribution in [3.8, 4) is 0 Å². The van der Waals surface area contributed by atoms with Crippen LogP contribution in [0, 0.1) is 6.92 Å². The molecule has 0 fully saturated rings. The molecular weight excluding hydrogens is 164 g/mol. The second-order valence-electron chi connectivity index (χ2n) is 3.71. The molecule has 1 aromatic heterocycles. The molecule has 0 saturated heterocycles. The number of nitrogens with two attached hydrogens (primary N) is 1. The van der Waals surface area contributed by atoms with Crippen molar-refractivity contribution in [3.05, 3.63) is 11.6 Å². The van der Waals surface area contributed by atoms with Gasteiger partial charge in [0.05, 0.1) is 0 Å². The predicted octanol–water partition coefficient (Wildman–Crippen LogP) is 1.23. The van der Waals surface area contributed by atoms with E-state index in [9.17, 15) is 0 Å². The minimum Gasteiger partial charge on any atom is -0.330 e. The number of hydrogen-bond acceptors (Lipinski definition) is 3. The first kappa shape index (κ1) is 10.2. The van der Waals surface area contributed by atoms with E-state index < -0.39 is 0 Å². The van der Waals surface area contributed by atoms with Crippen molar-refractivity contribution >= 4 is 0 Å². The Kier molecular flexibility index (Phi) is 3.03. The maximum Gasteiger partial charge on any atom is 0.137 e. The first-order valence-corrected chi connectivity index (χ1v) is 4.69. The Balaban J connectivity index is 3.07. The number of hydrogen-bond donors (Lipinski definition) is 1. The number of rotatable bonds is 3. The van der Waals surface area contributed by atoms with Gasteiger partial charge in [-0.05, 0) is 20.8 Å². The first-order chi connectivity index (χ1) is 6.07. The monoisotopic (exact) mass is 182 g/mol. The number of aryl methyl sites for hydroxylation is 1. The van der Waals surface area contributed by atoms with Crippen LogP contribution in [0.3, 0.4) is 0 Å². The van der Waals surface area contributed by atoms with Crippen molar-refractivity contribution in [3.63, 3.8) is 0 Å². The Morgan fingerprint density at radius 1 is 1.31 bits per heavy atom. The molecule has 4 heteroatoms. The van der Waals surface area contributed by atoms with E-state index in [1.807, 2.05) is 6.92 Å². The highest BCUT2D eigenvalue weighted by Gasteiger charge is 2.15. The molecular formula is C9H18N4. The summed E-state index contributed by atoms with van der Waals surface area (Å²) in [5.41, 5.74) is 5.60. The van der Waals surface area contributed by atoms with E-state index in [1.165, 1.54) is 0 Å². The summed E-state index contributed by atoms with van der Waals surface area (Å²) in [7, 11) is 0. The molecule has 1 aromatic rings. The van der Waals surface area contributed by atoms with E-state index in [0.29, 0.717) is 12.6 Å². The van der Waals surface area contributed by atoms with E-state index in [-0.39, 0.29) is 5.92 Å². The molecule has 1 rings (SSSR count). The van der Waals surface area contributed by atoms with Gasteiger partial charge in [0.15, 0.2) is 0 Å². The fraction of sp³-hybridized carbons (Fsp3) is 0.778.